The number of hydrogen-bond donors (Lipinski definition) is 2. The van der Waals surface area contributed by atoms with Crippen LogP contribution in [0.25, 0.3) is 0 Å². The maximum absolute atomic E-state index is 11.2. The number of rotatable bonds is 1. The Morgan fingerprint density at radius 3 is 2.38 bits per heavy atom. The minimum Gasteiger partial charge on any atom is -0.324 e. The number of hydrogen-bond acceptors (Lipinski definition) is 2. The van der Waals surface area contributed by atoms with Crippen LogP contribution in [0.1, 0.15) is 32.6 Å². The summed E-state index contributed by atoms with van der Waals surface area (Å²) in [6, 6.07) is 0.194. The molecule has 1 saturated carbocycles. The van der Waals surface area contributed by atoms with Gasteiger partial charge >= 0.3 is 6.03 Å². The van der Waals surface area contributed by atoms with Crippen LogP contribution in [0.2, 0.25) is 0 Å². The molecule has 0 spiro atoms. The molecule has 1 rings (SSSR count). The van der Waals surface area contributed by atoms with Gasteiger partial charge in [-0.3, -0.25) is 5.43 Å². The maximum Gasteiger partial charge on any atom is 0.331 e. The molecule has 76 valence electrons. The van der Waals surface area contributed by atoms with Crippen molar-refractivity contribution in [1.82, 2.24) is 10.3 Å². The molecule has 0 radical (unpaired) electrons. The summed E-state index contributed by atoms with van der Waals surface area (Å²) in [6.45, 7) is 2.26. The smallest absolute Gasteiger partial charge is 0.324 e. The molecule has 4 heteroatoms. The highest BCUT2D eigenvalue weighted by Crippen LogP contribution is 2.26. The Bertz CT molecular complexity index is 176. The molecule has 1 aliphatic rings. The summed E-state index contributed by atoms with van der Waals surface area (Å²) in [5, 5.41) is 0. The van der Waals surface area contributed by atoms with Crippen LogP contribution in [0, 0.1) is 5.92 Å². The Morgan fingerprint density at radius 2 is 1.92 bits per heavy atom. The summed E-state index contributed by atoms with van der Waals surface area (Å²) in [6.07, 6.45) is 4.63. The zero-order valence-electron chi connectivity index (χ0n) is 8.42. The van der Waals surface area contributed by atoms with Gasteiger partial charge < -0.3 is 4.90 Å². The number of hydrazine groups is 1. The van der Waals surface area contributed by atoms with Gasteiger partial charge in [-0.05, 0) is 31.6 Å². The van der Waals surface area contributed by atoms with Crippen molar-refractivity contribution in [2.75, 3.05) is 7.05 Å². The van der Waals surface area contributed by atoms with Gasteiger partial charge in [0.15, 0.2) is 0 Å². The van der Waals surface area contributed by atoms with Gasteiger partial charge in [-0.15, -0.1) is 0 Å². The molecule has 0 unspecified atom stereocenters. The van der Waals surface area contributed by atoms with Gasteiger partial charge in [0.25, 0.3) is 0 Å². The third kappa shape index (κ3) is 2.59. The van der Waals surface area contributed by atoms with Crippen molar-refractivity contribution in [1.29, 1.82) is 0 Å². The van der Waals surface area contributed by atoms with Crippen LogP contribution in [0.5, 0.6) is 0 Å². The van der Waals surface area contributed by atoms with Gasteiger partial charge in [-0.25, -0.2) is 10.6 Å². The van der Waals surface area contributed by atoms with Crippen LogP contribution in [0.4, 0.5) is 4.79 Å². The van der Waals surface area contributed by atoms with Gasteiger partial charge in [0, 0.05) is 13.1 Å². The Balaban J connectivity index is 2.39. The van der Waals surface area contributed by atoms with E-state index in [1.807, 2.05) is 7.05 Å². The third-order valence-electron chi connectivity index (χ3n) is 2.98. The first-order chi connectivity index (χ1) is 6.15. The Labute approximate surface area is 79.4 Å². The molecule has 0 saturated heterocycles. The van der Waals surface area contributed by atoms with Crippen LogP contribution >= 0.6 is 0 Å². The zero-order chi connectivity index (χ0) is 9.84. The van der Waals surface area contributed by atoms with E-state index in [0.29, 0.717) is 6.04 Å². The molecule has 0 aliphatic heterocycles. The molecule has 3 N–H and O–H groups in total. The molecule has 0 atom stereocenters. The van der Waals surface area contributed by atoms with E-state index in [0.717, 1.165) is 18.8 Å². The van der Waals surface area contributed by atoms with Crippen LogP contribution in [-0.2, 0) is 0 Å². The fraction of sp³-hybridized carbons (Fsp3) is 0.889. The fourth-order valence-electron chi connectivity index (χ4n) is 1.90. The van der Waals surface area contributed by atoms with Gasteiger partial charge in [0.1, 0.15) is 0 Å². The lowest BCUT2D eigenvalue weighted by atomic mass is 9.87. The van der Waals surface area contributed by atoms with Crippen LogP contribution in [-0.4, -0.2) is 24.0 Å². The van der Waals surface area contributed by atoms with Crippen LogP contribution in [0.15, 0.2) is 0 Å². The van der Waals surface area contributed by atoms with Crippen molar-refractivity contribution in [2.45, 2.75) is 38.6 Å². The first kappa shape index (κ1) is 10.3. The van der Waals surface area contributed by atoms with Gasteiger partial charge in [0.2, 0.25) is 0 Å². The van der Waals surface area contributed by atoms with Crippen molar-refractivity contribution in [2.24, 2.45) is 11.8 Å². The largest absolute Gasteiger partial charge is 0.331 e. The Morgan fingerprint density at radius 1 is 1.38 bits per heavy atom. The molecule has 13 heavy (non-hydrogen) atoms. The van der Waals surface area contributed by atoms with E-state index in [-0.39, 0.29) is 6.03 Å². The average molecular weight is 185 g/mol. The number of carbonyl (C=O) groups is 1. The summed E-state index contributed by atoms with van der Waals surface area (Å²) >= 11 is 0. The first-order valence-corrected chi connectivity index (χ1v) is 4.88. The lowest BCUT2D eigenvalue weighted by molar-refractivity contribution is 0.164. The minimum atomic E-state index is -0.181. The summed E-state index contributed by atoms with van der Waals surface area (Å²) in [5.41, 5.74) is 2.16. The second kappa shape index (κ2) is 4.46. The molecule has 0 aromatic carbocycles. The highest BCUT2D eigenvalue weighted by Gasteiger charge is 2.23. The number of carbonyl (C=O) groups excluding carboxylic acids is 1. The predicted octanol–water partition coefficient (Wildman–Crippen LogP) is 1.08. The number of nitrogens with one attached hydrogen (secondary N) is 1. The molecule has 1 fully saturated rings. The highest BCUT2D eigenvalue weighted by atomic mass is 16.2. The molecular formula is C9H19N3O. The predicted molar refractivity (Wildman–Crippen MR) is 51.9 cm³/mol. The van der Waals surface area contributed by atoms with E-state index < -0.39 is 0 Å². The molecule has 2 amide bonds. The van der Waals surface area contributed by atoms with Crippen LogP contribution in [0.3, 0.4) is 0 Å². The summed E-state index contributed by atoms with van der Waals surface area (Å²) in [7, 11) is 1.81. The van der Waals surface area contributed by atoms with Crippen molar-refractivity contribution < 1.29 is 4.79 Å². The quantitative estimate of drug-likeness (QED) is 0.365. The topological polar surface area (TPSA) is 58.4 Å². The van der Waals surface area contributed by atoms with E-state index in [2.05, 4.69) is 12.3 Å². The standard InChI is InChI=1S/C9H19N3O/c1-7-3-5-8(6-4-7)12(2)9(13)11-10/h7-8H,3-6,10H2,1-2H3,(H,11,13). The maximum atomic E-state index is 11.2. The van der Waals surface area contributed by atoms with Gasteiger partial charge in [0.05, 0.1) is 0 Å². The van der Waals surface area contributed by atoms with Gasteiger partial charge in [-0.2, -0.15) is 0 Å². The second-order valence-electron chi connectivity index (χ2n) is 3.97. The fourth-order valence-corrected chi connectivity index (χ4v) is 1.90. The van der Waals surface area contributed by atoms with E-state index in [4.69, 9.17) is 5.84 Å². The first-order valence-electron chi connectivity index (χ1n) is 4.88. The monoisotopic (exact) mass is 185 g/mol. The van der Waals surface area contributed by atoms with Crippen molar-refractivity contribution in [3.8, 4) is 0 Å². The number of urea groups is 1. The summed E-state index contributed by atoms with van der Waals surface area (Å²) < 4.78 is 0. The molecule has 0 bridgehead atoms. The molecule has 0 heterocycles. The summed E-state index contributed by atoms with van der Waals surface area (Å²) in [4.78, 5) is 12.9. The van der Waals surface area contributed by atoms with E-state index in [9.17, 15) is 4.79 Å². The number of nitrogens with zero attached hydrogens (tertiary/aromatic N) is 1. The third-order valence-corrected chi connectivity index (χ3v) is 2.98. The van der Waals surface area contributed by atoms with Crippen molar-refractivity contribution in [3.63, 3.8) is 0 Å². The minimum absolute atomic E-state index is 0.181. The summed E-state index contributed by atoms with van der Waals surface area (Å²) in [5.74, 6) is 5.88. The van der Waals surface area contributed by atoms with Crippen molar-refractivity contribution >= 4 is 6.03 Å². The number of nitrogens with two attached hydrogens (primary N) is 1. The van der Waals surface area contributed by atoms with E-state index in [1.54, 1.807) is 4.90 Å². The Kier molecular flexibility index (Phi) is 3.54. The van der Waals surface area contributed by atoms with E-state index >= 15 is 0 Å². The SMILES string of the molecule is CC1CCC(N(C)C(=O)NN)CC1. The lowest BCUT2D eigenvalue weighted by Crippen LogP contribution is -2.47. The van der Waals surface area contributed by atoms with E-state index in [1.165, 1.54) is 12.8 Å². The lowest BCUT2D eigenvalue weighted by Gasteiger charge is -2.33. The van der Waals surface area contributed by atoms with Crippen LogP contribution < -0.4 is 11.3 Å². The molecular weight excluding hydrogens is 166 g/mol. The second-order valence-corrected chi connectivity index (χ2v) is 3.97. The van der Waals surface area contributed by atoms with Gasteiger partial charge in [-0.1, -0.05) is 6.92 Å². The molecule has 0 aromatic rings. The molecule has 4 nitrogen and oxygen atoms in total. The normalized spacial score (nSPS) is 28.2. The number of amides is 2. The highest BCUT2D eigenvalue weighted by molar-refractivity contribution is 5.73. The zero-order valence-corrected chi connectivity index (χ0v) is 8.42. The molecule has 0 aromatic heterocycles. The Hall–Kier alpha value is -0.770. The molecule has 1 aliphatic carbocycles. The average Bonchev–Trinajstić information content (AvgIpc) is 2.17. The van der Waals surface area contributed by atoms with Crippen molar-refractivity contribution in [3.05, 3.63) is 0 Å².